The Morgan fingerprint density at radius 3 is 1.03 bits per heavy atom. The zero-order valence-electron chi connectivity index (χ0n) is 43.6. The van der Waals surface area contributed by atoms with Crippen molar-refractivity contribution in [2.24, 2.45) is 0 Å². The van der Waals surface area contributed by atoms with Crippen molar-refractivity contribution < 1.29 is 28.6 Å². The smallest absolute Gasteiger partial charge is 0.306 e. The first-order chi connectivity index (χ1) is 33.0. The predicted molar refractivity (Wildman–Crippen MR) is 288 cm³/mol. The van der Waals surface area contributed by atoms with Gasteiger partial charge in [0.1, 0.15) is 13.2 Å². The Labute approximate surface area is 413 Å². The third kappa shape index (κ3) is 53.2. The van der Waals surface area contributed by atoms with Crippen molar-refractivity contribution >= 4 is 17.9 Å². The monoisotopic (exact) mass is 931 g/mol. The molecule has 0 heterocycles. The first-order valence-corrected chi connectivity index (χ1v) is 27.8. The topological polar surface area (TPSA) is 78.9 Å². The van der Waals surface area contributed by atoms with Gasteiger partial charge in [0.25, 0.3) is 0 Å². The van der Waals surface area contributed by atoms with Crippen molar-refractivity contribution in [1.82, 2.24) is 0 Å². The summed E-state index contributed by atoms with van der Waals surface area (Å²) in [5, 5.41) is 0. The highest BCUT2D eigenvalue weighted by Gasteiger charge is 2.19. The van der Waals surface area contributed by atoms with E-state index in [-0.39, 0.29) is 37.5 Å². The van der Waals surface area contributed by atoms with E-state index in [4.69, 9.17) is 14.2 Å². The summed E-state index contributed by atoms with van der Waals surface area (Å²) in [6.07, 6.45) is 72.6. The fraction of sp³-hybridized carbons (Fsp3) is 0.689. The van der Waals surface area contributed by atoms with Crippen molar-refractivity contribution in [2.75, 3.05) is 13.2 Å². The lowest BCUT2D eigenvalue weighted by molar-refractivity contribution is -0.167. The lowest BCUT2D eigenvalue weighted by Crippen LogP contribution is -2.30. The molecule has 0 rings (SSSR count). The molecule has 0 saturated heterocycles. The molecule has 0 aromatic carbocycles. The van der Waals surface area contributed by atoms with Crippen LogP contribution in [0.1, 0.15) is 252 Å². The molecule has 0 N–H and O–H groups in total. The minimum atomic E-state index is -0.818. The normalized spacial score (nSPS) is 12.8. The number of allylic oxidation sites excluding steroid dienone is 16. The maximum atomic E-state index is 12.8. The first kappa shape index (κ1) is 63.3. The van der Waals surface area contributed by atoms with Crippen LogP contribution in [-0.2, 0) is 28.6 Å². The van der Waals surface area contributed by atoms with E-state index in [2.05, 4.69) is 63.3 Å². The van der Waals surface area contributed by atoms with Crippen LogP contribution in [0.25, 0.3) is 0 Å². The van der Waals surface area contributed by atoms with Gasteiger partial charge in [-0.15, -0.1) is 0 Å². The van der Waals surface area contributed by atoms with Gasteiger partial charge >= 0.3 is 17.9 Å². The Balaban J connectivity index is 4.49. The molecule has 0 spiro atoms. The van der Waals surface area contributed by atoms with Crippen LogP contribution < -0.4 is 0 Å². The molecule has 0 bridgehead atoms. The zero-order chi connectivity index (χ0) is 48.6. The number of ether oxygens (including phenoxy) is 3. The van der Waals surface area contributed by atoms with Gasteiger partial charge in [-0.2, -0.15) is 0 Å². The molecule has 6 heteroatoms. The van der Waals surface area contributed by atoms with Gasteiger partial charge in [-0.25, -0.2) is 0 Å². The van der Waals surface area contributed by atoms with Gasteiger partial charge in [0, 0.05) is 19.3 Å². The van der Waals surface area contributed by atoms with Crippen LogP contribution in [0.2, 0.25) is 0 Å². The van der Waals surface area contributed by atoms with Gasteiger partial charge in [-0.1, -0.05) is 246 Å². The lowest BCUT2D eigenvalue weighted by atomic mass is 10.1. The maximum absolute atomic E-state index is 12.8. The highest BCUT2D eigenvalue weighted by molar-refractivity contribution is 5.71. The number of hydrogen-bond acceptors (Lipinski definition) is 6. The summed E-state index contributed by atoms with van der Waals surface area (Å²) in [6, 6.07) is 0. The molecule has 0 fully saturated rings. The van der Waals surface area contributed by atoms with Crippen LogP contribution in [0.15, 0.2) is 97.2 Å². The first-order valence-electron chi connectivity index (χ1n) is 27.8. The van der Waals surface area contributed by atoms with Gasteiger partial charge in [0.2, 0.25) is 0 Å². The average molecular weight is 931 g/mol. The molecule has 6 nitrogen and oxygen atoms in total. The number of rotatable bonds is 49. The Kier molecular flexibility index (Phi) is 51.9. The molecular weight excluding hydrogens is 829 g/mol. The molecule has 0 saturated carbocycles. The molecule has 1 atom stereocenters. The van der Waals surface area contributed by atoms with Crippen LogP contribution in [-0.4, -0.2) is 37.2 Å². The summed E-state index contributed by atoms with van der Waals surface area (Å²) in [7, 11) is 0. The fourth-order valence-corrected chi connectivity index (χ4v) is 7.52. The Morgan fingerprint density at radius 1 is 0.313 bits per heavy atom. The third-order valence-electron chi connectivity index (χ3n) is 11.7. The largest absolute Gasteiger partial charge is 0.462 e. The molecule has 0 aliphatic rings. The van der Waals surface area contributed by atoms with Crippen LogP contribution >= 0.6 is 0 Å². The van der Waals surface area contributed by atoms with E-state index in [9.17, 15) is 14.4 Å². The standard InChI is InChI=1S/C61H102O6/c1-4-7-10-13-16-19-22-25-27-29-31-33-36-39-42-45-48-51-54-60(63)66-57-58(56-65-59(62)53-50-47-44-41-38-35-24-21-18-15-12-9-6-3)67-61(64)55-52-49-46-43-40-37-34-32-30-28-26-23-20-17-14-11-8-5-2/h9,12,15,18,21,24,27,29,31-35,38,41,44,58H,4-8,10-11,13-14,16-17,19-20,22-23,25-26,28,30,36-37,39-40,42-43,45-57H2,1-3H3/b12-9+,18-15+,24-21+,29-27+,33-31+,34-32+,38-35+,44-41+. The van der Waals surface area contributed by atoms with E-state index in [1.165, 1.54) is 122 Å². The van der Waals surface area contributed by atoms with E-state index in [0.29, 0.717) is 19.3 Å². The number of hydrogen-bond donors (Lipinski definition) is 0. The predicted octanol–water partition coefficient (Wildman–Crippen LogP) is 18.5. The second kappa shape index (κ2) is 54.9. The minimum absolute atomic E-state index is 0.112. The summed E-state index contributed by atoms with van der Waals surface area (Å²) in [6.45, 7) is 6.41. The van der Waals surface area contributed by atoms with Gasteiger partial charge in [-0.3, -0.25) is 14.4 Å². The lowest BCUT2D eigenvalue weighted by Gasteiger charge is -2.18. The fourth-order valence-electron chi connectivity index (χ4n) is 7.52. The van der Waals surface area contributed by atoms with Crippen molar-refractivity contribution in [1.29, 1.82) is 0 Å². The molecule has 382 valence electrons. The van der Waals surface area contributed by atoms with Crippen molar-refractivity contribution in [3.63, 3.8) is 0 Å². The van der Waals surface area contributed by atoms with Crippen LogP contribution in [0, 0.1) is 0 Å². The highest BCUT2D eigenvalue weighted by atomic mass is 16.6. The Bertz CT molecular complexity index is 1350. The van der Waals surface area contributed by atoms with E-state index in [1.54, 1.807) is 0 Å². The summed E-state index contributed by atoms with van der Waals surface area (Å²) in [5.74, 6) is -1.01. The summed E-state index contributed by atoms with van der Waals surface area (Å²) < 4.78 is 16.8. The van der Waals surface area contributed by atoms with E-state index < -0.39 is 6.10 Å². The number of esters is 3. The third-order valence-corrected chi connectivity index (χ3v) is 11.7. The summed E-state index contributed by atoms with van der Waals surface area (Å²) in [5.41, 5.74) is 0. The quantitative estimate of drug-likeness (QED) is 0.0199. The van der Waals surface area contributed by atoms with Gasteiger partial charge in [0.15, 0.2) is 6.10 Å². The van der Waals surface area contributed by atoms with Crippen molar-refractivity contribution in [3.05, 3.63) is 97.2 Å². The Hall–Kier alpha value is -3.67. The molecule has 0 amide bonds. The van der Waals surface area contributed by atoms with Gasteiger partial charge in [0.05, 0.1) is 0 Å². The molecule has 0 aliphatic carbocycles. The number of unbranched alkanes of at least 4 members (excludes halogenated alkanes) is 27. The van der Waals surface area contributed by atoms with E-state index in [0.717, 1.165) is 83.5 Å². The van der Waals surface area contributed by atoms with Crippen LogP contribution in [0.3, 0.4) is 0 Å². The van der Waals surface area contributed by atoms with E-state index in [1.807, 2.05) is 54.7 Å². The summed E-state index contributed by atoms with van der Waals surface area (Å²) in [4.78, 5) is 38.0. The number of carbonyl (C=O) groups is 3. The molecule has 0 aromatic rings. The van der Waals surface area contributed by atoms with Crippen molar-refractivity contribution in [2.45, 2.75) is 258 Å². The molecular formula is C61H102O6. The second-order valence-electron chi connectivity index (χ2n) is 18.3. The SMILES string of the molecule is CC/C=C/C=C/C=C/C=C/C=C/CCCC(=O)OCC(COC(=O)CCCCCCC/C=C/C=C/CCCCCCCCC)OC(=O)CCCCCCC/C=C/CCCCCCCCCCC. The highest BCUT2D eigenvalue weighted by Crippen LogP contribution is 2.14. The maximum Gasteiger partial charge on any atom is 0.306 e. The molecule has 1 unspecified atom stereocenters. The molecule has 0 aliphatic heterocycles. The minimum Gasteiger partial charge on any atom is -0.462 e. The van der Waals surface area contributed by atoms with Crippen molar-refractivity contribution in [3.8, 4) is 0 Å². The van der Waals surface area contributed by atoms with E-state index >= 15 is 0 Å². The number of carbonyl (C=O) groups excluding carboxylic acids is 3. The second-order valence-corrected chi connectivity index (χ2v) is 18.3. The molecule has 0 radical (unpaired) electrons. The summed E-state index contributed by atoms with van der Waals surface area (Å²) >= 11 is 0. The van der Waals surface area contributed by atoms with Crippen LogP contribution in [0.5, 0.6) is 0 Å². The zero-order valence-corrected chi connectivity index (χ0v) is 43.6. The Morgan fingerprint density at radius 2 is 0.612 bits per heavy atom. The van der Waals surface area contributed by atoms with Gasteiger partial charge in [-0.05, 0) is 83.5 Å². The van der Waals surface area contributed by atoms with Gasteiger partial charge < -0.3 is 14.2 Å². The average Bonchev–Trinajstić information content (AvgIpc) is 3.33. The molecule has 67 heavy (non-hydrogen) atoms. The molecule has 0 aromatic heterocycles. The van der Waals surface area contributed by atoms with Crippen LogP contribution in [0.4, 0.5) is 0 Å².